The van der Waals surface area contributed by atoms with Crippen LogP contribution in [0.5, 0.6) is 0 Å². The van der Waals surface area contributed by atoms with E-state index in [0.717, 1.165) is 22.7 Å². The number of thiazole rings is 1. The van der Waals surface area contributed by atoms with Gasteiger partial charge < -0.3 is 9.80 Å². The molecule has 0 radical (unpaired) electrons. The zero-order chi connectivity index (χ0) is 14.6. The lowest BCUT2D eigenvalue weighted by Gasteiger charge is -2.22. The molecule has 0 aliphatic rings. The summed E-state index contributed by atoms with van der Waals surface area (Å²) < 4.78 is 37.1. The lowest BCUT2D eigenvalue weighted by atomic mass is 10.4. The number of hydrogen-bond acceptors (Lipinski definition) is 3. The molecule has 0 saturated heterocycles. The van der Waals surface area contributed by atoms with E-state index in [1.54, 1.807) is 0 Å². The minimum Gasteiger partial charge on any atom is -0.349 e. The summed E-state index contributed by atoms with van der Waals surface area (Å²) in [5.74, 6) is 0.771. The second kappa shape index (κ2) is 8.01. The highest BCUT2D eigenvalue weighted by Gasteiger charge is 2.33. The van der Waals surface area contributed by atoms with E-state index in [9.17, 15) is 13.2 Å². The lowest BCUT2D eigenvalue weighted by molar-refractivity contribution is -0.140. The molecule has 0 aliphatic heterocycles. The molecule has 1 aromatic rings. The maximum Gasteiger partial charge on any atom is 0.434 e. The van der Waals surface area contributed by atoms with Crippen LogP contribution in [0.3, 0.4) is 0 Å². The Kier molecular flexibility index (Phi) is 7.78. The second-order valence-corrected chi connectivity index (χ2v) is 5.29. The minimum absolute atomic E-state index is 0. The van der Waals surface area contributed by atoms with Crippen molar-refractivity contribution >= 4 is 41.3 Å². The molecule has 0 bridgehead atoms. The van der Waals surface area contributed by atoms with Crippen molar-refractivity contribution in [3.8, 4) is 0 Å². The van der Waals surface area contributed by atoms with Gasteiger partial charge in [-0.3, -0.25) is 4.99 Å². The summed E-state index contributed by atoms with van der Waals surface area (Å²) >= 11 is 1.02. The number of aliphatic imine (C=N–C) groups is 1. The molecular formula is C11H18F3IN4S. The molecule has 0 amide bonds. The highest BCUT2D eigenvalue weighted by atomic mass is 127. The van der Waals surface area contributed by atoms with Crippen molar-refractivity contribution in [2.45, 2.75) is 12.6 Å². The van der Waals surface area contributed by atoms with Crippen LogP contribution < -0.4 is 0 Å². The number of alkyl halides is 3. The molecule has 20 heavy (non-hydrogen) atoms. The molecular weight excluding hydrogens is 404 g/mol. The Hall–Kier alpha value is -0.580. The van der Waals surface area contributed by atoms with Gasteiger partial charge in [0.25, 0.3) is 0 Å². The number of aromatic nitrogens is 1. The molecule has 0 N–H and O–H groups in total. The van der Waals surface area contributed by atoms with E-state index in [-0.39, 0.29) is 24.0 Å². The first-order valence-electron chi connectivity index (χ1n) is 5.62. The smallest absolute Gasteiger partial charge is 0.349 e. The molecule has 0 saturated carbocycles. The molecule has 0 aromatic carbocycles. The summed E-state index contributed by atoms with van der Waals surface area (Å²) in [6.07, 6.45) is -3.96. The Morgan fingerprint density at radius 2 is 1.80 bits per heavy atom. The van der Waals surface area contributed by atoms with Gasteiger partial charge in [0, 0.05) is 46.5 Å². The fourth-order valence-corrected chi connectivity index (χ4v) is 2.28. The number of guanidine groups is 1. The van der Waals surface area contributed by atoms with Gasteiger partial charge in [-0.15, -0.1) is 35.3 Å². The van der Waals surface area contributed by atoms with Gasteiger partial charge in [-0.2, -0.15) is 13.2 Å². The Bertz CT molecular complexity index is 433. The first-order valence-corrected chi connectivity index (χ1v) is 6.50. The first kappa shape index (κ1) is 19.4. The van der Waals surface area contributed by atoms with E-state index in [0.29, 0.717) is 18.0 Å². The van der Waals surface area contributed by atoms with Crippen molar-refractivity contribution in [1.29, 1.82) is 0 Å². The zero-order valence-electron chi connectivity index (χ0n) is 11.7. The van der Waals surface area contributed by atoms with Gasteiger partial charge in [-0.25, -0.2) is 4.98 Å². The molecule has 1 heterocycles. The van der Waals surface area contributed by atoms with Gasteiger partial charge in [0.2, 0.25) is 0 Å². The highest BCUT2D eigenvalue weighted by Crippen LogP contribution is 2.30. The van der Waals surface area contributed by atoms with Crippen LogP contribution in [-0.4, -0.2) is 55.5 Å². The van der Waals surface area contributed by atoms with Crippen LogP contribution in [0.25, 0.3) is 0 Å². The molecule has 9 heteroatoms. The quantitative estimate of drug-likeness (QED) is 0.427. The molecule has 0 atom stereocenters. The van der Waals surface area contributed by atoms with Gasteiger partial charge in [0.05, 0.1) is 5.01 Å². The summed E-state index contributed by atoms with van der Waals surface area (Å²) in [4.78, 5) is 11.6. The van der Waals surface area contributed by atoms with Crippen LogP contribution in [0.4, 0.5) is 13.2 Å². The van der Waals surface area contributed by atoms with Crippen molar-refractivity contribution in [1.82, 2.24) is 14.8 Å². The molecule has 116 valence electrons. The number of hydrogen-bond donors (Lipinski definition) is 0. The molecule has 4 nitrogen and oxygen atoms in total. The van der Waals surface area contributed by atoms with Crippen molar-refractivity contribution in [3.05, 3.63) is 16.1 Å². The predicted octanol–water partition coefficient (Wildman–Crippen LogP) is 2.80. The summed E-state index contributed by atoms with van der Waals surface area (Å²) in [6, 6.07) is 0. The summed E-state index contributed by atoms with van der Waals surface area (Å²) in [7, 11) is 7.46. The van der Waals surface area contributed by atoms with Gasteiger partial charge in [0.15, 0.2) is 11.7 Å². The van der Waals surface area contributed by atoms with Crippen molar-refractivity contribution in [2.24, 2.45) is 4.99 Å². The normalized spacial score (nSPS) is 10.8. The standard InChI is InChI=1S/C11H17F3N4S.HI/c1-17(2)10(18(3)4)15-6-5-9-16-8(7-19-9)11(12,13)14;/h7H,5-6H2,1-4H3;1H. The molecule has 1 aromatic heterocycles. The average Bonchev–Trinajstić information content (AvgIpc) is 2.71. The molecule has 0 fully saturated rings. The van der Waals surface area contributed by atoms with E-state index in [1.165, 1.54) is 0 Å². The monoisotopic (exact) mass is 422 g/mol. The first-order chi connectivity index (χ1) is 8.71. The van der Waals surface area contributed by atoms with Crippen LogP contribution in [0.2, 0.25) is 0 Å². The van der Waals surface area contributed by atoms with Crippen LogP contribution >= 0.6 is 35.3 Å². The lowest BCUT2D eigenvalue weighted by Crippen LogP contribution is -2.35. The van der Waals surface area contributed by atoms with E-state index < -0.39 is 11.9 Å². The van der Waals surface area contributed by atoms with Crippen molar-refractivity contribution in [3.63, 3.8) is 0 Å². The Labute approximate surface area is 137 Å². The fourth-order valence-electron chi connectivity index (χ4n) is 1.49. The summed E-state index contributed by atoms with van der Waals surface area (Å²) in [6.45, 7) is 0.413. The molecule has 1 rings (SSSR count). The molecule has 0 aliphatic carbocycles. The highest BCUT2D eigenvalue weighted by molar-refractivity contribution is 14.0. The zero-order valence-corrected chi connectivity index (χ0v) is 14.9. The fraction of sp³-hybridized carbons (Fsp3) is 0.636. The van der Waals surface area contributed by atoms with Crippen molar-refractivity contribution in [2.75, 3.05) is 34.7 Å². The van der Waals surface area contributed by atoms with E-state index >= 15 is 0 Å². The number of rotatable bonds is 3. The van der Waals surface area contributed by atoms with Crippen LogP contribution in [0, 0.1) is 0 Å². The maximum absolute atomic E-state index is 12.4. The number of nitrogens with zero attached hydrogens (tertiary/aromatic N) is 4. The summed E-state index contributed by atoms with van der Waals surface area (Å²) in [5, 5.41) is 1.49. The van der Waals surface area contributed by atoms with Gasteiger partial charge in [0.1, 0.15) is 0 Å². The molecule has 0 unspecified atom stereocenters. The van der Waals surface area contributed by atoms with E-state index in [2.05, 4.69) is 9.98 Å². The SMILES string of the molecule is CN(C)C(=NCCc1nc(C(F)(F)F)cs1)N(C)C.I. The van der Waals surface area contributed by atoms with Crippen molar-refractivity contribution < 1.29 is 13.2 Å². The Morgan fingerprint density at radius 1 is 1.25 bits per heavy atom. The third kappa shape index (κ3) is 5.81. The Balaban J connectivity index is 0.00000361. The second-order valence-electron chi connectivity index (χ2n) is 4.34. The van der Waals surface area contributed by atoms with Gasteiger partial charge in [-0.05, 0) is 0 Å². The van der Waals surface area contributed by atoms with Crippen LogP contribution in [0.1, 0.15) is 10.7 Å². The minimum atomic E-state index is -4.36. The molecule has 0 spiro atoms. The largest absolute Gasteiger partial charge is 0.434 e. The summed E-state index contributed by atoms with van der Waals surface area (Å²) in [5.41, 5.74) is -0.822. The topological polar surface area (TPSA) is 31.7 Å². The maximum atomic E-state index is 12.4. The predicted molar refractivity (Wildman–Crippen MR) is 85.9 cm³/mol. The number of halogens is 4. The van der Waals surface area contributed by atoms with E-state index in [4.69, 9.17) is 0 Å². The average molecular weight is 422 g/mol. The van der Waals surface area contributed by atoms with Gasteiger partial charge >= 0.3 is 6.18 Å². The van der Waals surface area contributed by atoms with Crippen LogP contribution in [-0.2, 0) is 12.6 Å². The Morgan fingerprint density at radius 3 is 2.20 bits per heavy atom. The van der Waals surface area contributed by atoms with Gasteiger partial charge in [-0.1, -0.05) is 0 Å². The van der Waals surface area contributed by atoms with E-state index in [1.807, 2.05) is 38.0 Å². The third-order valence-corrected chi connectivity index (χ3v) is 3.13. The van der Waals surface area contributed by atoms with Crippen LogP contribution in [0.15, 0.2) is 10.4 Å². The third-order valence-electron chi connectivity index (χ3n) is 2.22.